The maximum Gasteiger partial charge on any atom is 0.0840 e. The third-order valence-corrected chi connectivity index (χ3v) is 2.58. The number of aryl methyl sites for hydroxylation is 2. The molecule has 0 aliphatic heterocycles. The van der Waals surface area contributed by atoms with Crippen molar-refractivity contribution >= 4 is 0 Å². The van der Waals surface area contributed by atoms with Crippen molar-refractivity contribution in [3.8, 4) is 0 Å². The molecule has 2 unspecified atom stereocenters. The van der Waals surface area contributed by atoms with Gasteiger partial charge in [-0.05, 0) is 25.0 Å². The number of benzene rings is 1. The molecular weight excluding hydrogens is 176 g/mol. The van der Waals surface area contributed by atoms with Gasteiger partial charge in [0.1, 0.15) is 0 Å². The molecule has 78 valence electrons. The summed E-state index contributed by atoms with van der Waals surface area (Å²) in [5.74, 6) is -0.115. The smallest absolute Gasteiger partial charge is 0.0840 e. The zero-order chi connectivity index (χ0) is 10.7. The first-order chi connectivity index (χ1) is 6.56. The predicted octanol–water partition coefficient (Wildman–Crippen LogP) is 1.97. The van der Waals surface area contributed by atoms with Crippen LogP contribution in [0.4, 0.5) is 0 Å². The lowest BCUT2D eigenvalue weighted by molar-refractivity contribution is 0.0765. The molecule has 0 fully saturated rings. The van der Waals surface area contributed by atoms with Gasteiger partial charge in [0.25, 0.3) is 0 Å². The minimum atomic E-state index is -0.570. The van der Waals surface area contributed by atoms with E-state index in [9.17, 15) is 5.11 Å². The van der Waals surface area contributed by atoms with Crippen molar-refractivity contribution in [2.24, 2.45) is 5.92 Å². The number of rotatable bonds is 3. The van der Waals surface area contributed by atoms with Crippen molar-refractivity contribution in [2.45, 2.75) is 26.9 Å². The van der Waals surface area contributed by atoms with Gasteiger partial charge in [-0.3, -0.25) is 0 Å². The first-order valence-corrected chi connectivity index (χ1v) is 4.92. The molecule has 1 rings (SSSR count). The van der Waals surface area contributed by atoms with E-state index in [0.717, 1.165) is 16.7 Å². The molecule has 0 spiro atoms. The van der Waals surface area contributed by atoms with Gasteiger partial charge in [0.2, 0.25) is 0 Å². The molecule has 0 bridgehead atoms. The summed E-state index contributed by atoms with van der Waals surface area (Å²) in [6.07, 6.45) is -0.570. The molecule has 0 heterocycles. The maximum absolute atomic E-state index is 9.93. The summed E-state index contributed by atoms with van der Waals surface area (Å²) in [6.45, 7) is 5.82. The average molecular weight is 194 g/mol. The van der Waals surface area contributed by atoms with Gasteiger partial charge in [0.05, 0.1) is 6.10 Å². The Morgan fingerprint density at radius 2 is 1.93 bits per heavy atom. The fraction of sp³-hybridized carbons (Fsp3) is 0.500. The van der Waals surface area contributed by atoms with E-state index in [1.165, 1.54) is 0 Å². The molecule has 1 aromatic rings. The molecule has 0 radical (unpaired) electrons. The van der Waals surface area contributed by atoms with Gasteiger partial charge in [0.15, 0.2) is 0 Å². The van der Waals surface area contributed by atoms with Crippen molar-refractivity contribution in [3.63, 3.8) is 0 Å². The summed E-state index contributed by atoms with van der Waals surface area (Å²) in [5, 5.41) is 18.9. The van der Waals surface area contributed by atoms with Crippen molar-refractivity contribution in [2.75, 3.05) is 6.61 Å². The lowest BCUT2D eigenvalue weighted by Crippen LogP contribution is -2.14. The lowest BCUT2D eigenvalue weighted by atomic mass is 9.93. The quantitative estimate of drug-likeness (QED) is 0.772. The first kappa shape index (κ1) is 11.2. The second-order valence-corrected chi connectivity index (χ2v) is 3.96. The van der Waals surface area contributed by atoms with Crippen LogP contribution in [0.1, 0.15) is 29.7 Å². The van der Waals surface area contributed by atoms with Crippen LogP contribution in [-0.2, 0) is 0 Å². The third kappa shape index (κ3) is 2.34. The van der Waals surface area contributed by atoms with Crippen molar-refractivity contribution < 1.29 is 10.2 Å². The van der Waals surface area contributed by atoms with Crippen LogP contribution in [0.5, 0.6) is 0 Å². The van der Waals surface area contributed by atoms with Gasteiger partial charge in [-0.25, -0.2) is 0 Å². The van der Waals surface area contributed by atoms with E-state index in [2.05, 4.69) is 0 Å². The van der Waals surface area contributed by atoms with Crippen molar-refractivity contribution in [1.29, 1.82) is 0 Å². The topological polar surface area (TPSA) is 40.5 Å². The fourth-order valence-corrected chi connectivity index (χ4v) is 1.48. The van der Waals surface area contributed by atoms with E-state index in [1.807, 2.05) is 39.0 Å². The van der Waals surface area contributed by atoms with Gasteiger partial charge in [-0.2, -0.15) is 0 Å². The molecule has 2 N–H and O–H groups in total. The summed E-state index contributed by atoms with van der Waals surface area (Å²) in [5.41, 5.74) is 3.13. The maximum atomic E-state index is 9.93. The molecule has 2 atom stereocenters. The van der Waals surface area contributed by atoms with Crippen LogP contribution in [-0.4, -0.2) is 16.8 Å². The molecule has 2 nitrogen and oxygen atoms in total. The van der Waals surface area contributed by atoms with Crippen LogP contribution in [0.25, 0.3) is 0 Å². The Balaban J connectivity index is 2.99. The zero-order valence-corrected chi connectivity index (χ0v) is 8.99. The lowest BCUT2D eigenvalue weighted by Gasteiger charge is -2.19. The number of hydrogen-bond donors (Lipinski definition) is 2. The summed E-state index contributed by atoms with van der Waals surface area (Å²) < 4.78 is 0. The van der Waals surface area contributed by atoms with E-state index in [-0.39, 0.29) is 12.5 Å². The molecule has 1 aromatic carbocycles. The molecule has 14 heavy (non-hydrogen) atoms. The zero-order valence-electron chi connectivity index (χ0n) is 8.99. The third-order valence-electron chi connectivity index (χ3n) is 2.58. The molecule has 0 saturated carbocycles. The van der Waals surface area contributed by atoms with Gasteiger partial charge >= 0.3 is 0 Å². The Morgan fingerprint density at radius 1 is 1.29 bits per heavy atom. The Bertz CT molecular complexity index is 307. The summed E-state index contributed by atoms with van der Waals surface area (Å²) in [7, 11) is 0. The van der Waals surface area contributed by atoms with Crippen LogP contribution in [0.3, 0.4) is 0 Å². The van der Waals surface area contributed by atoms with E-state index >= 15 is 0 Å². The van der Waals surface area contributed by atoms with Gasteiger partial charge in [0, 0.05) is 12.5 Å². The minimum absolute atomic E-state index is 0.00848. The highest BCUT2D eigenvalue weighted by Crippen LogP contribution is 2.25. The molecular formula is C12H18O2. The normalized spacial score (nSPS) is 15.2. The van der Waals surface area contributed by atoms with Gasteiger partial charge in [-0.1, -0.05) is 30.7 Å². The van der Waals surface area contributed by atoms with Gasteiger partial charge in [-0.15, -0.1) is 0 Å². The molecule has 2 heteroatoms. The molecule has 0 aliphatic rings. The van der Waals surface area contributed by atoms with E-state index in [1.54, 1.807) is 0 Å². The highest BCUT2D eigenvalue weighted by atomic mass is 16.3. The number of hydrogen-bond acceptors (Lipinski definition) is 2. The van der Waals surface area contributed by atoms with Gasteiger partial charge < -0.3 is 10.2 Å². The second-order valence-electron chi connectivity index (χ2n) is 3.96. The van der Waals surface area contributed by atoms with Crippen LogP contribution in [0.2, 0.25) is 0 Å². The van der Waals surface area contributed by atoms with Crippen LogP contribution >= 0.6 is 0 Å². The number of aliphatic hydroxyl groups excluding tert-OH is 2. The predicted molar refractivity (Wildman–Crippen MR) is 57.1 cm³/mol. The average Bonchev–Trinajstić information content (AvgIpc) is 2.19. The van der Waals surface area contributed by atoms with Crippen molar-refractivity contribution in [3.05, 3.63) is 34.9 Å². The molecule has 0 aliphatic carbocycles. The molecule has 0 aromatic heterocycles. The van der Waals surface area contributed by atoms with Crippen LogP contribution in [0, 0.1) is 19.8 Å². The molecule has 0 amide bonds. The SMILES string of the molecule is Cc1ccc(C)c(C(O)C(C)CO)c1. The Labute approximate surface area is 85.2 Å². The summed E-state index contributed by atoms with van der Waals surface area (Å²) in [4.78, 5) is 0. The Kier molecular flexibility index (Phi) is 3.67. The highest BCUT2D eigenvalue weighted by molar-refractivity contribution is 5.32. The standard InChI is InChI=1S/C12H18O2/c1-8-4-5-9(2)11(6-8)12(14)10(3)7-13/h4-6,10,12-14H,7H2,1-3H3. The Morgan fingerprint density at radius 3 is 2.50 bits per heavy atom. The molecule has 0 saturated heterocycles. The van der Waals surface area contributed by atoms with Crippen molar-refractivity contribution in [1.82, 2.24) is 0 Å². The number of aliphatic hydroxyl groups is 2. The van der Waals surface area contributed by atoms with E-state index in [4.69, 9.17) is 5.11 Å². The van der Waals surface area contributed by atoms with E-state index in [0.29, 0.717) is 0 Å². The van der Waals surface area contributed by atoms with Crippen LogP contribution < -0.4 is 0 Å². The largest absolute Gasteiger partial charge is 0.396 e. The first-order valence-electron chi connectivity index (χ1n) is 4.92. The summed E-state index contributed by atoms with van der Waals surface area (Å²) in [6, 6.07) is 6.00. The van der Waals surface area contributed by atoms with Crippen LogP contribution in [0.15, 0.2) is 18.2 Å². The summed E-state index contributed by atoms with van der Waals surface area (Å²) >= 11 is 0. The Hall–Kier alpha value is -0.860. The minimum Gasteiger partial charge on any atom is -0.396 e. The second kappa shape index (κ2) is 4.58. The fourth-order valence-electron chi connectivity index (χ4n) is 1.48. The monoisotopic (exact) mass is 194 g/mol. The highest BCUT2D eigenvalue weighted by Gasteiger charge is 2.17. The van der Waals surface area contributed by atoms with E-state index < -0.39 is 6.10 Å².